The topological polar surface area (TPSA) is 61.4 Å². The van der Waals surface area contributed by atoms with Crippen molar-refractivity contribution in [2.24, 2.45) is 5.92 Å². The van der Waals surface area contributed by atoms with E-state index >= 15 is 0 Å². The number of halogens is 1. The van der Waals surface area contributed by atoms with Crippen LogP contribution >= 0.6 is 0 Å². The second kappa shape index (κ2) is 8.78. The lowest BCUT2D eigenvalue weighted by Crippen LogP contribution is -2.43. The van der Waals surface area contributed by atoms with Crippen LogP contribution in [0.4, 0.5) is 10.1 Å². The molecule has 1 aliphatic carbocycles. The highest BCUT2D eigenvalue weighted by Gasteiger charge is 2.20. The summed E-state index contributed by atoms with van der Waals surface area (Å²) in [5.74, 6) is 0.00711. The molecule has 24 heavy (non-hydrogen) atoms. The van der Waals surface area contributed by atoms with Gasteiger partial charge in [-0.05, 0) is 56.8 Å². The van der Waals surface area contributed by atoms with Crippen molar-refractivity contribution in [2.45, 2.75) is 38.6 Å². The Hall–Kier alpha value is -1.95. The average molecular weight is 335 g/mol. The molecule has 2 N–H and O–H groups in total. The third-order valence-electron chi connectivity index (χ3n) is 4.32. The molecular formula is C18H26FN3O2. The standard InChI is InChI=1S/C18H26FN3O2/c1-13-6-8-15(9-7-13)20-17(23)11-22(2)12-18(24)21-16-5-3-4-14(19)10-16/h3-5,10,13,15H,6-9,11-12H2,1-2H3,(H,20,23)(H,21,24). The van der Waals surface area contributed by atoms with Gasteiger partial charge in [-0.3, -0.25) is 14.5 Å². The molecule has 132 valence electrons. The Morgan fingerprint density at radius 1 is 1.17 bits per heavy atom. The third-order valence-corrected chi connectivity index (χ3v) is 4.32. The second-order valence-corrected chi connectivity index (χ2v) is 6.76. The van der Waals surface area contributed by atoms with Crippen LogP contribution in [-0.4, -0.2) is 42.9 Å². The Morgan fingerprint density at radius 2 is 1.83 bits per heavy atom. The number of anilines is 1. The predicted octanol–water partition coefficient (Wildman–Crippen LogP) is 2.39. The third kappa shape index (κ3) is 6.28. The molecule has 2 rings (SSSR count). The number of likely N-dealkylation sites (N-methyl/N-ethyl adjacent to an activating group) is 1. The molecule has 0 heterocycles. The number of carbonyl (C=O) groups is 2. The summed E-state index contributed by atoms with van der Waals surface area (Å²) >= 11 is 0. The van der Waals surface area contributed by atoms with Crippen LogP contribution in [0.2, 0.25) is 0 Å². The first kappa shape index (κ1) is 18.4. The van der Waals surface area contributed by atoms with E-state index in [4.69, 9.17) is 0 Å². The number of hydrogen-bond acceptors (Lipinski definition) is 3. The average Bonchev–Trinajstić information content (AvgIpc) is 2.49. The van der Waals surface area contributed by atoms with Crippen LogP contribution in [-0.2, 0) is 9.59 Å². The number of benzene rings is 1. The molecule has 1 aromatic rings. The number of carbonyl (C=O) groups excluding carboxylic acids is 2. The zero-order valence-corrected chi connectivity index (χ0v) is 14.3. The number of nitrogens with zero attached hydrogens (tertiary/aromatic N) is 1. The van der Waals surface area contributed by atoms with E-state index in [1.165, 1.54) is 18.2 Å². The molecule has 1 fully saturated rings. The Labute approximate surface area is 142 Å². The Balaban J connectivity index is 1.70. The molecule has 1 aliphatic rings. The number of hydrogen-bond donors (Lipinski definition) is 2. The fourth-order valence-corrected chi connectivity index (χ4v) is 2.99. The van der Waals surface area contributed by atoms with Crippen molar-refractivity contribution in [3.05, 3.63) is 30.1 Å². The van der Waals surface area contributed by atoms with E-state index in [-0.39, 0.29) is 30.9 Å². The van der Waals surface area contributed by atoms with Gasteiger partial charge in [0.1, 0.15) is 5.82 Å². The van der Waals surface area contributed by atoms with Crippen LogP contribution < -0.4 is 10.6 Å². The number of nitrogens with one attached hydrogen (secondary N) is 2. The molecule has 6 heteroatoms. The van der Waals surface area contributed by atoms with E-state index in [1.54, 1.807) is 18.0 Å². The molecule has 0 aliphatic heterocycles. The smallest absolute Gasteiger partial charge is 0.238 e. The van der Waals surface area contributed by atoms with Crippen LogP contribution in [0.25, 0.3) is 0 Å². The zero-order chi connectivity index (χ0) is 17.5. The molecule has 0 aromatic heterocycles. The van der Waals surface area contributed by atoms with Gasteiger partial charge in [0, 0.05) is 11.7 Å². The van der Waals surface area contributed by atoms with Crippen molar-refractivity contribution in [3.63, 3.8) is 0 Å². The van der Waals surface area contributed by atoms with Crippen molar-refractivity contribution in [2.75, 3.05) is 25.5 Å². The molecule has 5 nitrogen and oxygen atoms in total. The molecule has 0 bridgehead atoms. The van der Waals surface area contributed by atoms with E-state index < -0.39 is 5.82 Å². The maximum Gasteiger partial charge on any atom is 0.238 e. The molecule has 1 saturated carbocycles. The van der Waals surface area contributed by atoms with E-state index in [0.717, 1.165) is 31.6 Å². The fourth-order valence-electron chi connectivity index (χ4n) is 2.99. The Bertz CT molecular complexity index is 571. The normalized spacial score (nSPS) is 20.7. The van der Waals surface area contributed by atoms with Gasteiger partial charge in [-0.1, -0.05) is 13.0 Å². The van der Waals surface area contributed by atoms with Gasteiger partial charge in [0.2, 0.25) is 11.8 Å². The predicted molar refractivity (Wildman–Crippen MR) is 92.1 cm³/mol. The number of amides is 2. The van der Waals surface area contributed by atoms with E-state index in [9.17, 15) is 14.0 Å². The van der Waals surface area contributed by atoms with E-state index in [1.807, 2.05) is 0 Å². The van der Waals surface area contributed by atoms with Gasteiger partial charge < -0.3 is 10.6 Å². The molecule has 0 atom stereocenters. The van der Waals surface area contributed by atoms with Crippen molar-refractivity contribution in [1.29, 1.82) is 0 Å². The van der Waals surface area contributed by atoms with Gasteiger partial charge in [0.05, 0.1) is 13.1 Å². The van der Waals surface area contributed by atoms with Gasteiger partial charge in [-0.25, -0.2) is 4.39 Å². The molecular weight excluding hydrogens is 309 g/mol. The summed E-state index contributed by atoms with van der Waals surface area (Å²) in [6.45, 7) is 2.48. The van der Waals surface area contributed by atoms with Crippen molar-refractivity contribution in [3.8, 4) is 0 Å². The summed E-state index contributed by atoms with van der Waals surface area (Å²) in [6.07, 6.45) is 4.35. The summed E-state index contributed by atoms with van der Waals surface area (Å²) in [5.41, 5.74) is 0.411. The SMILES string of the molecule is CC1CCC(NC(=O)CN(C)CC(=O)Nc2cccc(F)c2)CC1. The minimum absolute atomic E-state index is 0.0596. The summed E-state index contributed by atoms with van der Waals surface area (Å²) in [6, 6.07) is 5.99. The van der Waals surface area contributed by atoms with Gasteiger partial charge in [0.15, 0.2) is 0 Å². The van der Waals surface area contributed by atoms with E-state index in [0.29, 0.717) is 5.69 Å². The van der Waals surface area contributed by atoms with Gasteiger partial charge in [0.25, 0.3) is 0 Å². The molecule has 0 radical (unpaired) electrons. The maximum absolute atomic E-state index is 13.1. The second-order valence-electron chi connectivity index (χ2n) is 6.76. The van der Waals surface area contributed by atoms with Crippen LogP contribution in [0.1, 0.15) is 32.6 Å². The molecule has 2 amide bonds. The van der Waals surface area contributed by atoms with E-state index in [2.05, 4.69) is 17.6 Å². The maximum atomic E-state index is 13.1. The highest BCUT2D eigenvalue weighted by Crippen LogP contribution is 2.23. The Morgan fingerprint density at radius 3 is 2.50 bits per heavy atom. The van der Waals surface area contributed by atoms with Crippen LogP contribution in [0, 0.1) is 11.7 Å². The summed E-state index contributed by atoms with van der Waals surface area (Å²) in [5, 5.41) is 5.66. The quantitative estimate of drug-likeness (QED) is 0.839. The van der Waals surface area contributed by atoms with Gasteiger partial charge in [-0.15, -0.1) is 0 Å². The molecule has 0 saturated heterocycles. The molecule has 0 unspecified atom stereocenters. The van der Waals surface area contributed by atoms with Crippen LogP contribution in [0.5, 0.6) is 0 Å². The number of rotatable bonds is 6. The summed E-state index contributed by atoms with van der Waals surface area (Å²) < 4.78 is 13.1. The lowest BCUT2D eigenvalue weighted by Gasteiger charge is -2.27. The van der Waals surface area contributed by atoms with Gasteiger partial charge >= 0.3 is 0 Å². The van der Waals surface area contributed by atoms with Crippen molar-refractivity contribution in [1.82, 2.24) is 10.2 Å². The first-order chi connectivity index (χ1) is 11.4. The highest BCUT2D eigenvalue weighted by molar-refractivity contribution is 5.92. The van der Waals surface area contributed by atoms with Gasteiger partial charge in [-0.2, -0.15) is 0 Å². The summed E-state index contributed by atoms with van der Waals surface area (Å²) in [4.78, 5) is 25.6. The van der Waals surface area contributed by atoms with Crippen molar-refractivity contribution < 1.29 is 14.0 Å². The minimum atomic E-state index is -0.401. The highest BCUT2D eigenvalue weighted by atomic mass is 19.1. The monoisotopic (exact) mass is 335 g/mol. The Kier molecular flexibility index (Phi) is 6.73. The first-order valence-electron chi connectivity index (χ1n) is 8.45. The first-order valence-corrected chi connectivity index (χ1v) is 8.45. The minimum Gasteiger partial charge on any atom is -0.352 e. The largest absolute Gasteiger partial charge is 0.352 e. The summed E-state index contributed by atoms with van der Waals surface area (Å²) in [7, 11) is 1.72. The lowest BCUT2D eigenvalue weighted by atomic mass is 9.87. The molecule has 1 aromatic carbocycles. The van der Waals surface area contributed by atoms with Crippen LogP contribution in [0.3, 0.4) is 0 Å². The molecule has 0 spiro atoms. The zero-order valence-electron chi connectivity index (χ0n) is 14.3. The fraction of sp³-hybridized carbons (Fsp3) is 0.556. The lowest BCUT2D eigenvalue weighted by molar-refractivity contribution is -0.123. The van der Waals surface area contributed by atoms with Crippen LogP contribution in [0.15, 0.2) is 24.3 Å². The van der Waals surface area contributed by atoms with Crippen molar-refractivity contribution >= 4 is 17.5 Å².